The van der Waals surface area contributed by atoms with Gasteiger partial charge in [-0.25, -0.2) is 0 Å². The van der Waals surface area contributed by atoms with Crippen molar-refractivity contribution in [2.75, 3.05) is 0 Å². The molecule has 2 N–H and O–H groups in total. The lowest BCUT2D eigenvalue weighted by Gasteiger charge is -2.05. The third-order valence-corrected chi connectivity index (χ3v) is 2.53. The van der Waals surface area contributed by atoms with Crippen molar-refractivity contribution in [2.45, 2.75) is 13.5 Å². The van der Waals surface area contributed by atoms with Gasteiger partial charge in [-0.15, -0.1) is 0 Å². The highest BCUT2D eigenvalue weighted by atomic mass is 16.3. The van der Waals surface area contributed by atoms with Gasteiger partial charge in [-0.1, -0.05) is 6.07 Å². The van der Waals surface area contributed by atoms with Crippen LogP contribution < -0.4 is 5.32 Å². The first-order chi connectivity index (χ1) is 8.66. The smallest absolute Gasteiger partial charge is 0.251 e. The fraction of sp³-hybridized carbons (Fsp3) is 0.154. The number of aryl methyl sites for hydroxylation is 1. The number of amides is 1. The highest BCUT2D eigenvalue weighted by Crippen LogP contribution is 2.17. The SMILES string of the molecule is Cc1ccc(C(=O)NCc2cccnn2)cc1O. The van der Waals surface area contributed by atoms with E-state index >= 15 is 0 Å². The molecule has 1 heterocycles. The minimum atomic E-state index is -0.254. The van der Waals surface area contributed by atoms with Gasteiger partial charge in [-0.05, 0) is 36.8 Å². The molecule has 2 aromatic rings. The van der Waals surface area contributed by atoms with Crippen molar-refractivity contribution in [1.29, 1.82) is 0 Å². The lowest BCUT2D eigenvalue weighted by atomic mass is 10.1. The second-order valence-corrected chi connectivity index (χ2v) is 3.90. The van der Waals surface area contributed by atoms with Crippen LogP contribution in [-0.4, -0.2) is 21.2 Å². The number of phenols is 1. The first-order valence-corrected chi connectivity index (χ1v) is 5.51. The molecule has 1 amide bonds. The predicted octanol–water partition coefficient (Wildman–Crippen LogP) is 1.42. The zero-order chi connectivity index (χ0) is 13.0. The van der Waals surface area contributed by atoms with Gasteiger partial charge < -0.3 is 10.4 Å². The van der Waals surface area contributed by atoms with Crippen LogP contribution in [0.3, 0.4) is 0 Å². The third-order valence-electron chi connectivity index (χ3n) is 2.53. The maximum atomic E-state index is 11.8. The number of hydrogen-bond donors (Lipinski definition) is 2. The van der Waals surface area contributed by atoms with Crippen molar-refractivity contribution in [3.63, 3.8) is 0 Å². The Kier molecular flexibility index (Phi) is 3.52. The van der Waals surface area contributed by atoms with Gasteiger partial charge in [-0.2, -0.15) is 10.2 Å². The van der Waals surface area contributed by atoms with Crippen molar-refractivity contribution >= 4 is 5.91 Å². The fourth-order valence-corrected chi connectivity index (χ4v) is 1.45. The summed E-state index contributed by atoms with van der Waals surface area (Å²) < 4.78 is 0. The van der Waals surface area contributed by atoms with Crippen LogP contribution in [0.2, 0.25) is 0 Å². The Labute approximate surface area is 104 Å². The molecule has 0 saturated heterocycles. The maximum absolute atomic E-state index is 11.8. The second kappa shape index (κ2) is 5.27. The van der Waals surface area contributed by atoms with Crippen LogP contribution in [0.1, 0.15) is 21.6 Å². The van der Waals surface area contributed by atoms with E-state index in [1.807, 2.05) is 0 Å². The Morgan fingerprint density at radius 3 is 2.89 bits per heavy atom. The molecular formula is C13H13N3O2. The van der Waals surface area contributed by atoms with E-state index < -0.39 is 0 Å². The number of rotatable bonds is 3. The molecule has 0 fully saturated rings. The largest absolute Gasteiger partial charge is 0.508 e. The molecule has 0 bridgehead atoms. The van der Waals surface area contributed by atoms with E-state index in [9.17, 15) is 9.90 Å². The van der Waals surface area contributed by atoms with Gasteiger partial charge in [0.25, 0.3) is 5.91 Å². The molecule has 0 unspecified atom stereocenters. The molecule has 0 aliphatic rings. The zero-order valence-corrected chi connectivity index (χ0v) is 9.92. The van der Waals surface area contributed by atoms with E-state index in [4.69, 9.17) is 0 Å². The number of aromatic nitrogens is 2. The molecule has 92 valence electrons. The highest BCUT2D eigenvalue weighted by molar-refractivity contribution is 5.94. The Balaban J connectivity index is 2.02. The molecule has 5 nitrogen and oxygen atoms in total. The molecule has 0 atom stereocenters. The molecule has 2 rings (SSSR count). The monoisotopic (exact) mass is 243 g/mol. The van der Waals surface area contributed by atoms with Crippen LogP contribution >= 0.6 is 0 Å². The van der Waals surface area contributed by atoms with Crippen molar-refractivity contribution in [2.24, 2.45) is 0 Å². The van der Waals surface area contributed by atoms with Gasteiger partial charge in [0.15, 0.2) is 0 Å². The van der Waals surface area contributed by atoms with Crippen LogP contribution in [-0.2, 0) is 6.54 Å². The average molecular weight is 243 g/mol. The second-order valence-electron chi connectivity index (χ2n) is 3.90. The summed E-state index contributed by atoms with van der Waals surface area (Å²) >= 11 is 0. The topological polar surface area (TPSA) is 75.1 Å². The van der Waals surface area contributed by atoms with E-state index in [2.05, 4.69) is 15.5 Å². The molecule has 0 spiro atoms. The van der Waals surface area contributed by atoms with Crippen LogP contribution in [0.5, 0.6) is 5.75 Å². The first-order valence-electron chi connectivity index (χ1n) is 5.51. The number of aromatic hydroxyl groups is 1. The lowest BCUT2D eigenvalue weighted by Crippen LogP contribution is -2.23. The predicted molar refractivity (Wildman–Crippen MR) is 66.0 cm³/mol. The molecule has 5 heteroatoms. The van der Waals surface area contributed by atoms with Crippen LogP contribution in [0.4, 0.5) is 0 Å². The van der Waals surface area contributed by atoms with E-state index in [1.165, 1.54) is 6.07 Å². The van der Waals surface area contributed by atoms with Gasteiger partial charge >= 0.3 is 0 Å². The summed E-state index contributed by atoms with van der Waals surface area (Å²) in [6.45, 7) is 2.08. The minimum absolute atomic E-state index is 0.113. The standard InChI is InChI=1S/C13H13N3O2/c1-9-4-5-10(7-12(9)17)13(18)14-8-11-3-2-6-15-16-11/h2-7,17H,8H2,1H3,(H,14,18). The summed E-state index contributed by atoms with van der Waals surface area (Å²) in [6.07, 6.45) is 1.57. The lowest BCUT2D eigenvalue weighted by molar-refractivity contribution is 0.0950. The Bertz CT molecular complexity index is 555. The summed E-state index contributed by atoms with van der Waals surface area (Å²) in [5.74, 6) is -0.141. The van der Waals surface area contributed by atoms with E-state index in [0.717, 1.165) is 5.56 Å². The average Bonchev–Trinajstić information content (AvgIpc) is 2.40. The number of phenolic OH excluding ortho intramolecular Hbond substituents is 1. The van der Waals surface area contributed by atoms with Crippen molar-refractivity contribution < 1.29 is 9.90 Å². The number of benzene rings is 1. The van der Waals surface area contributed by atoms with Crippen molar-refractivity contribution in [3.8, 4) is 5.75 Å². The van der Waals surface area contributed by atoms with Gasteiger partial charge in [0, 0.05) is 11.8 Å². The number of hydrogen-bond acceptors (Lipinski definition) is 4. The molecule has 0 radical (unpaired) electrons. The fourth-order valence-electron chi connectivity index (χ4n) is 1.45. The molecule has 18 heavy (non-hydrogen) atoms. The van der Waals surface area contributed by atoms with Crippen LogP contribution in [0.25, 0.3) is 0 Å². The number of carbonyl (C=O) groups is 1. The Morgan fingerprint density at radius 2 is 2.22 bits per heavy atom. The summed E-state index contributed by atoms with van der Waals surface area (Å²) in [5, 5.41) is 19.8. The zero-order valence-electron chi connectivity index (χ0n) is 9.92. The third kappa shape index (κ3) is 2.82. The summed E-state index contributed by atoms with van der Waals surface area (Å²) in [6, 6.07) is 8.35. The summed E-state index contributed by atoms with van der Waals surface area (Å²) in [7, 11) is 0. The molecule has 0 saturated carbocycles. The quantitative estimate of drug-likeness (QED) is 0.855. The van der Waals surface area contributed by atoms with E-state index in [-0.39, 0.29) is 11.7 Å². The van der Waals surface area contributed by atoms with Gasteiger partial charge in [-0.3, -0.25) is 4.79 Å². The van der Waals surface area contributed by atoms with E-state index in [1.54, 1.807) is 37.4 Å². The molecule has 0 aliphatic carbocycles. The highest BCUT2D eigenvalue weighted by Gasteiger charge is 2.07. The van der Waals surface area contributed by atoms with Crippen molar-refractivity contribution in [1.82, 2.24) is 15.5 Å². The number of nitrogens with one attached hydrogen (secondary N) is 1. The van der Waals surface area contributed by atoms with Crippen molar-refractivity contribution in [3.05, 3.63) is 53.3 Å². The number of nitrogens with zero attached hydrogens (tertiary/aromatic N) is 2. The minimum Gasteiger partial charge on any atom is -0.508 e. The Morgan fingerprint density at radius 1 is 1.39 bits per heavy atom. The summed E-state index contributed by atoms with van der Waals surface area (Å²) in [5.41, 5.74) is 1.84. The molecule has 0 aliphatic heterocycles. The van der Waals surface area contributed by atoms with Crippen LogP contribution in [0, 0.1) is 6.92 Å². The van der Waals surface area contributed by atoms with Crippen LogP contribution in [0.15, 0.2) is 36.5 Å². The normalized spacial score (nSPS) is 10.1. The molecular weight excluding hydrogens is 230 g/mol. The van der Waals surface area contributed by atoms with E-state index in [0.29, 0.717) is 17.8 Å². The summed E-state index contributed by atoms with van der Waals surface area (Å²) in [4.78, 5) is 11.8. The molecule has 1 aromatic heterocycles. The molecule has 1 aromatic carbocycles. The van der Waals surface area contributed by atoms with Gasteiger partial charge in [0.05, 0.1) is 12.2 Å². The maximum Gasteiger partial charge on any atom is 0.251 e. The first kappa shape index (κ1) is 12.0. The Hall–Kier alpha value is -2.43. The number of carbonyl (C=O) groups excluding carboxylic acids is 1. The van der Waals surface area contributed by atoms with Gasteiger partial charge in [0.1, 0.15) is 5.75 Å². The van der Waals surface area contributed by atoms with Gasteiger partial charge in [0.2, 0.25) is 0 Å².